The lowest BCUT2D eigenvalue weighted by molar-refractivity contribution is -0.142. The number of aliphatic carboxylic acids is 1. The third-order valence-corrected chi connectivity index (χ3v) is 4.86. The number of carboxylic acid groups (broad SMARTS) is 1. The third-order valence-electron chi connectivity index (χ3n) is 4.57. The van der Waals surface area contributed by atoms with Crippen molar-refractivity contribution in [2.24, 2.45) is 11.7 Å². The number of nitrogens with two attached hydrogens (primary N) is 1. The van der Waals surface area contributed by atoms with E-state index in [1.54, 1.807) is 31.2 Å². The Labute approximate surface area is 208 Å². The van der Waals surface area contributed by atoms with E-state index in [1.807, 2.05) is 13.8 Å². The van der Waals surface area contributed by atoms with Crippen LogP contribution >= 0.6 is 11.6 Å². The quantitative estimate of drug-likeness (QED) is 0.368. The minimum Gasteiger partial charge on any atom is -0.487 e. The lowest BCUT2D eigenvalue weighted by Crippen LogP contribution is -2.17. The minimum atomic E-state index is -4.45. The Bertz CT molecular complexity index is 980. The van der Waals surface area contributed by atoms with Crippen LogP contribution in [0.2, 0.25) is 5.02 Å². The van der Waals surface area contributed by atoms with Crippen LogP contribution in [0.3, 0.4) is 0 Å². The zero-order valence-electron chi connectivity index (χ0n) is 20.1. The number of amides is 1. The minimum absolute atomic E-state index is 0.0746. The molecule has 0 heterocycles. The first-order valence-corrected chi connectivity index (χ1v) is 11.3. The fraction of sp³-hybridized carbons (Fsp3) is 0.400. The monoisotopic (exact) mass is 517 g/mol. The van der Waals surface area contributed by atoms with Crippen LogP contribution in [0, 0.1) is 5.92 Å². The van der Waals surface area contributed by atoms with Gasteiger partial charge in [0.15, 0.2) is 5.78 Å². The fourth-order valence-corrected chi connectivity index (χ4v) is 2.89. The fourth-order valence-electron chi connectivity index (χ4n) is 2.65. The average molecular weight is 518 g/mol. The highest BCUT2D eigenvalue weighted by atomic mass is 35.5. The molecule has 0 fully saturated rings. The van der Waals surface area contributed by atoms with Gasteiger partial charge in [-0.15, -0.1) is 0 Å². The van der Waals surface area contributed by atoms with Crippen molar-refractivity contribution in [2.75, 3.05) is 0 Å². The summed E-state index contributed by atoms with van der Waals surface area (Å²) in [4.78, 5) is 32.0. The topological polar surface area (TPSA) is 107 Å². The van der Waals surface area contributed by atoms with Gasteiger partial charge >= 0.3 is 12.1 Å². The third kappa shape index (κ3) is 12.3. The number of carbonyl (C=O) groups is 3. The van der Waals surface area contributed by atoms with Crippen molar-refractivity contribution in [2.45, 2.75) is 59.7 Å². The van der Waals surface area contributed by atoms with Crippen LogP contribution in [-0.2, 0) is 22.4 Å². The highest BCUT2D eigenvalue weighted by Gasteiger charge is 2.31. The molecule has 0 saturated heterocycles. The zero-order chi connectivity index (χ0) is 27.2. The first-order chi connectivity index (χ1) is 16.3. The maximum atomic E-state index is 12.5. The second kappa shape index (κ2) is 15.8. The Kier molecular flexibility index (Phi) is 14.4. The van der Waals surface area contributed by atoms with E-state index in [1.165, 1.54) is 13.0 Å². The summed E-state index contributed by atoms with van der Waals surface area (Å²) in [5.74, 6) is -1.64. The number of hydrogen-bond donors (Lipinski definition) is 2. The second-order valence-corrected chi connectivity index (χ2v) is 7.54. The number of carbonyl (C=O) groups excluding carboxylic acids is 2. The molecule has 2 aromatic carbocycles. The summed E-state index contributed by atoms with van der Waals surface area (Å²) in [6, 6.07) is 9.72. The summed E-state index contributed by atoms with van der Waals surface area (Å²) < 4.78 is 43.0. The SMILES string of the molecule is CC.CC(=O)c1cccc(COc2ccc(C(F)(F)F)cc2Cl)c1.CCC(CCC(N)=O)C(=O)O. The Morgan fingerprint density at radius 1 is 1.11 bits per heavy atom. The van der Waals surface area contributed by atoms with Gasteiger partial charge in [-0.25, -0.2) is 0 Å². The summed E-state index contributed by atoms with van der Waals surface area (Å²) in [5, 5.41) is 8.42. The number of Topliss-reactive ketones (excluding diaryl/α,β-unsaturated/α-hetero) is 1. The highest BCUT2D eigenvalue weighted by Crippen LogP contribution is 2.34. The molecule has 0 aliphatic carbocycles. The van der Waals surface area contributed by atoms with E-state index in [2.05, 4.69) is 0 Å². The smallest absolute Gasteiger partial charge is 0.416 e. The summed E-state index contributed by atoms with van der Waals surface area (Å²) in [6.07, 6.45) is -3.40. The molecule has 2 aromatic rings. The van der Waals surface area contributed by atoms with E-state index in [9.17, 15) is 27.6 Å². The molecule has 0 aromatic heterocycles. The molecule has 0 aliphatic heterocycles. The molecule has 6 nitrogen and oxygen atoms in total. The number of carboxylic acids is 1. The van der Waals surface area contributed by atoms with Crippen molar-refractivity contribution < 1.29 is 37.4 Å². The van der Waals surface area contributed by atoms with Crippen LogP contribution in [-0.4, -0.2) is 22.8 Å². The largest absolute Gasteiger partial charge is 0.487 e. The Morgan fingerprint density at radius 2 is 1.74 bits per heavy atom. The maximum absolute atomic E-state index is 12.5. The molecule has 0 spiro atoms. The molecule has 10 heteroatoms. The predicted molar refractivity (Wildman–Crippen MR) is 128 cm³/mol. The Morgan fingerprint density at radius 3 is 2.20 bits per heavy atom. The molecular weight excluding hydrogens is 487 g/mol. The van der Waals surface area contributed by atoms with E-state index in [0.717, 1.165) is 17.7 Å². The maximum Gasteiger partial charge on any atom is 0.416 e. The number of rotatable bonds is 9. The molecule has 1 atom stereocenters. The summed E-state index contributed by atoms with van der Waals surface area (Å²) in [6.45, 7) is 7.33. The van der Waals surface area contributed by atoms with Gasteiger partial charge in [0.05, 0.1) is 16.5 Å². The standard InChI is InChI=1S/C16H12ClF3O2.C7H13NO3.C2H6/c1-10(21)12-4-2-3-11(7-12)9-22-15-6-5-13(8-14(15)17)16(18,19)20;1-2-5(7(10)11)3-4-6(8)9;1-2/h2-8H,9H2,1H3;5H,2-4H2,1H3,(H2,8,9)(H,10,11);1-2H3. The predicted octanol–water partition coefficient (Wildman–Crippen LogP) is 6.53. The molecule has 35 heavy (non-hydrogen) atoms. The van der Waals surface area contributed by atoms with Crippen LogP contribution in [0.1, 0.15) is 68.4 Å². The highest BCUT2D eigenvalue weighted by molar-refractivity contribution is 6.32. The Balaban J connectivity index is 0.000000754. The Hall–Kier alpha value is -3.07. The lowest BCUT2D eigenvalue weighted by Gasteiger charge is -2.11. The van der Waals surface area contributed by atoms with E-state index in [4.69, 9.17) is 27.2 Å². The van der Waals surface area contributed by atoms with Gasteiger partial charge in [0, 0.05) is 12.0 Å². The van der Waals surface area contributed by atoms with Crippen molar-refractivity contribution in [3.05, 3.63) is 64.2 Å². The van der Waals surface area contributed by atoms with Gasteiger partial charge in [-0.1, -0.05) is 50.6 Å². The number of halogens is 4. The molecule has 1 unspecified atom stereocenters. The van der Waals surface area contributed by atoms with Crippen LogP contribution in [0.4, 0.5) is 13.2 Å². The molecule has 0 radical (unpaired) electrons. The van der Waals surface area contributed by atoms with Crippen LogP contribution in [0.5, 0.6) is 5.75 Å². The second-order valence-electron chi connectivity index (χ2n) is 7.14. The summed E-state index contributed by atoms with van der Waals surface area (Å²) in [7, 11) is 0. The number of ketones is 1. The van der Waals surface area contributed by atoms with Gasteiger partial charge in [0.2, 0.25) is 5.91 Å². The molecule has 0 aliphatic rings. The van der Waals surface area contributed by atoms with Crippen molar-refractivity contribution in [1.29, 1.82) is 0 Å². The van der Waals surface area contributed by atoms with Gasteiger partial charge in [-0.05, 0) is 49.6 Å². The molecular formula is C25H31ClF3NO5. The molecule has 194 valence electrons. The first-order valence-electron chi connectivity index (χ1n) is 11.0. The number of alkyl halides is 3. The first kappa shape index (κ1) is 31.9. The lowest BCUT2D eigenvalue weighted by atomic mass is 10.0. The number of primary amides is 1. The molecule has 3 N–H and O–H groups in total. The molecule has 1 amide bonds. The normalized spacial score (nSPS) is 11.2. The molecule has 2 rings (SSSR count). The van der Waals surface area contributed by atoms with E-state index >= 15 is 0 Å². The average Bonchev–Trinajstić information content (AvgIpc) is 2.79. The molecule has 0 bridgehead atoms. The number of hydrogen-bond acceptors (Lipinski definition) is 4. The van der Waals surface area contributed by atoms with Gasteiger partial charge in [-0.3, -0.25) is 14.4 Å². The molecule has 0 saturated carbocycles. The van der Waals surface area contributed by atoms with Crippen LogP contribution in [0.25, 0.3) is 0 Å². The zero-order valence-corrected chi connectivity index (χ0v) is 20.9. The van der Waals surface area contributed by atoms with Crippen LogP contribution in [0.15, 0.2) is 42.5 Å². The van der Waals surface area contributed by atoms with E-state index < -0.39 is 29.5 Å². The van der Waals surface area contributed by atoms with Crippen molar-refractivity contribution in [3.63, 3.8) is 0 Å². The van der Waals surface area contributed by atoms with E-state index in [-0.39, 0.29) is 29.6 Å². The van der Waals surface area contributed by atoms with E-state index in [0.29, 0.717) is 18.4 Å². The summed E-state index contributed by atoms with van der Waals surface area (Å²) >= 11 is 5.80. The van der Waals surface area contributed by atoms with Crippen molar-refractivity contribution in [3.8, 4) is 5.75 Å². The van der Waals surface area contributed by atoms with Gasteiger partial charge < -0.3 is 15.6 Å². The van der Waals surface area contributed by atoms with Crippen molar-refractivity contribution >= 4 is 29.3 Å². The van der Waals surface area contributed by atoms with Gasteiger partial charge in [0.1, 0.15) is 12.4 Å². The number of benzene rings is 2. The van der Waals surface area contributed by atoms with Gasteiger partial charge in [0.25, 0.3) is 0 Å². The van der Waals surface area contributed by atoms with Gasteiger partial charge in [-0.2, -0.15) is 13.2 Å². The summed E-state index contributed by atoms with van der Waals surface area (Å²) in [5.41, 5.74) is 5.30. The van der Waals surface area contributed by atoms with Crippen molar-refractivity contribution in [1.82, 2.24) is 0 Å². The van der Waals surface area contributed by atoms with Crippen LogP contribution < -0.4 is 10.5 Å². The number of ether oxygens (including phenoxy) is 1.